The van der Waals surface area contributed by atoms with E-state index in [2.05, 4.69) is 5.32 Å². The molecular weight excluding hydrogens is 178 g/mol. The molecule has 1 saturated carbocycles. The fourth-order valence-corrected chi connectivity index (χ4v) is 2.27. The Labute approximate surface area is 85.2 Å². The van der Waals surface area contributed by atoms with Crippen molar-refractivity contribution < 1.29 is 9.53 Å². The van der Waals surface area contributed by atoms with Crippen LogP contribution in [0.15, 0.2) is 0 Å². The van der Waals surface area contributed by atoms with Gasteiger partial charge in [-0.2, -0.15) is 0 Å². The molecule has 3 nitrogen and oxygen atoms in total. The summed E-state index contributed by atoms with van der Waals surface area (Å²) in [5, 5.41) is 3.28. The Hall–Kier alpha value is -0.570. The van der Waals surface area contributed by atoms with Gasteiger partial charge in [-0.1, -0.05) is 0 Å². The van der Waals surface area contributed by atoms with Gasteiger partial charge in [-0.3, -0.25) is 4.79 Å². The van der Waals surface area contributed by atoms with Gasteiger partial charge in [0.25, 0.3) is 0 Å². The summed E-state index contributed by atoms with van der Waals surface area (Å²) in [5.74, 6) is 0.584. The maximum Gasteiger partial charge on any atom is 0.314 e. The zero-order chi connectivity index (χ0) is 10.4. The van der Waals surface area contributed by atoms with Crippen LogP contribution in [0.5, 0.6) is 0 Å². The van der Waals surface area contributed by atoms with E-state index >= 15 is 0 Å². The van der Waals surface area contributed by atoms with Crippen LogP contribution in [0.2, 0.25) is 0 Å². The van der Waals surface area contributed by atoms with Crippen molar-refractivity contribution in [3.05, 3.63) is 0 Å². The summed E-state index contributed by atoms with van der Waals surface area (Å²) in [6, 6.07) is 0. The molecule has 0 spiro atoms. The molecule has 0 unspecified atom stereocenters. The highest BCUT2D eigenvalue weighted by Gasteiger charge is 2.62. The fraction of sp³-hybridized carbons (Fsp3) is 0.909. The number of ether oxygens (including phenoxy) is 1. The average Bonchev–Trinajstić information content (AvgIpc) is 2.75. The third-order valence-corrected chi connectivity index (χ3v) is 3.15. The summed E-state index contributed by atoms with van der Waals surface area (Å²) in [7, 11) is 0. The highest BCUT2D eigenvalue weighted by molar-refractivity contribution is 5.81. The average molecular weight is 197 g/mol. The number of carbonyl (C=O) groups excluding carboxylic acids is 1. The van der Waals surface area contributed by atoms with Gasteiger partial charge in [-0.05, 0) is 46.1 Å². The largest absolute Gasteiger partial charge is 0.459 e. The maximum atomic E-state index is 11.9. The number of carbonyl (C=O) groups is 1. The lowest BCUT2D eigenvalue weighted by Gasteiger charge is -2.26. The summed E-state index contributed by atoms with van der Waals surface area (Å²) in [4.78, 5) is 11.9. The molecular formula is C11H19NO2. The predicted octanol–water partition coefficient (Wildman–Crippen LogP) is 1.33. The van der Waals surface area contributed by atoms with Crippen LogP contribution in [0.25, 0.3) is 0 Å². The van der Waals surface area contributed by atoms with Crippen LogP contribution in [0.4, 0.5) is 0 Å². The summed E-state index contributed by atoms with van der Waals surface area (Å²) >= 11 is 0. The minimum atomic E-state index is -0.351. The minimum Gasteiger partial charge on any atom is -0.459 e. The Morgan fingerprint density at radius 2 is 2.21 bits per heavy atom. The Kier molecular flexibility index (Phi) is 2.11. The number of hydrogen-bond acceptors (Lipinski definition) is 3. The van der Waals surface area contributed by atoms with E-state index in [0.29, 0.717) is 5.92 Å². The number of piperidine rings is 1. The van der Waals surface area contributed by atoms with Crippen LogP contribution in [0.1, 0.15) is 33.6 Å². The van der Waals surface area contributed by atoms with Crippen LogP contribution in [-0.2, 0) is 9.53 Å². The molecule has 80 valence electrons. The van der Waals surface area contributed by atoms with E-state index in [0.717, 1.165) is 25.9 Å². The van der Waals surface area contributed by atoms with Crippen molar-refractivity contribution in [2.75, 3.05) is 13.1 Å². The van der Waals surface area contributed by atoms with Crippen molar-refractivity contribution in [1.82, 2.24) is 5.32 Å². The van der Waals surface area contributed by atoms with Gasteiger partial charge in [0.05, 0.1) is 5.41 Å². The molecule has 1 saturated heterocycles. The van der Waals surface area contributed by atoms with E-state index in [1.807, 2.05) is 20.8 Å². The number of fused-ring (bicyclic) bond motifs is 1. The van der Waals surface area contributed by atoms with Crippen molar-refractivity contribution in [2.24, 2.45) is 11.3 Å². The van der Waals surface area contributed by atoms with Gasteiger partial charge in [0.2, 0.25) is 0 Å². The molecule has 2 fully saturated rings. The van der Waals surface area contributed by atoms with Crippen molar-refractivity contribution >= 4 is 5.97 Å². The van der Waals surface area contributed by atoms with Crippen LogP contribution in [0, 0.1) is 11.3 Å². The summed E-state index contributed by atoms with van der Waals surface area (Å²) in [6.45, 7) is 7.64. The molecule has 0 aromatic rings. The molecule has 1 aliphatic heterocycles. The Morgan fingerprint density at radius 3 is 2.79 bits per heavy atom. The SMILES string of the molecule is CC(C)(C)OC(=O)[C@]12CNCC[C@@H]1C2. The van der Waals surface area contributed by atoms with Gasteiger partial charge in [-0.25, -0.2) is 0 Å². The highest BCUT2D eigenvalue weighted by atomic mass is 16.6. The molecule has 0 amide bonds. The van der Waals surface area contributed by atoms with Gasteiger partial charge < -0.3 is 10.1 Å². The van der Waals surface area contributed by atoms with E-state index in [9.17, 15) is 4.79 Å². The third kappa shape index (κ3) is 1.65. The first-order valence-electron chi connectivity index (χ1n) is 5.38. The van der Waals surface area contributed by atoms with Crippen molar-refractivity contribution in [3.8, 4) is 0 Å². The Balaban J connectivity index is 1.99. The number of nitrogens with one attached hydrogen (secondary N) is 1. The lowest BCUT2D eigenvalue weighted by atomic mass is 9.98. The Morgan fingerprint density at radius 1 is 1.50 bits per heavy atom. The van der Waals surface area contributed by atoms with Gasteiger partial charge in [0.15, 0.2) is 0 Å². The van der Waals surface area contributed by atoms with E-state index < -0.39 is 0 Å². The smallest absolute Gasteiger partial charge is 0.314 e. The van der Waals surface area contributed by atoms with Crippen LogP contribution >= 0.6 is 0 Å². The van der Waals surface area contributed by atoms with E-state index in [4.69, 9.17) is 4.74 Å². The number of rotatable bonds is 1. The quantitative estimate of drug-likeness (QED) is 0.644. The molecule has 1 heterocycles. The number of esters is 1. The molecule has 14 heavy (non-hydrogen) atoms. The first kappa shape index (κ1) is 9.97. The second-order valence-corrected chi connectivity index (χ2v) is 5.52. The van der Waals surface area contributed by atoms with E-state index in [1.165, 1.54) is 0 Å². The predicted molar refractivity (Wildman–Crippen MR) is 53.9 cm³/mol. The molecule has 2 atom stereocenters. The summed E-state index contributed by atoms with van der Waals surface area (Å²) in [5.41, 5.74) is -0.512. The Bertz CT molecular complexity index is 257. The second-order valence-electron chi connectivity index (χ2n) is 5.52. The van der Waals surface area contributed by atoms with E-state index in [1.54, 1.807) is 0 Å². The van der Waals surface area contributed by atoms with Gasteiger partial charge in [0.1, 0.15) is 5.60 Å². The zero-order valence-electron chi connectivity index (χ0n) is 9.22. The van der Waals surface area contributed by atoms with Crippen molar-refractivity contribution in [3.63, 3.8) is 0 Å². The molecule has 0 radical (unpaired) electrons. The molecule has 2 aliphatic rings. The van der Waals surface area contributed by atoms with E-state index in [-0.39, 0.29) is 17.0 Å². The van der Waals surface area contributed by atoms with Crippen molar-refractivity contribution in [2.45, 2.75) is 39.2 Å². The second kappa shape index (κ2) is 2.96. The molecule has 0 bridgehead atoms. The van der Waals surface area contributed by atoms with Gasteiger partial charge in [-0.15, -0.1) is 0 Å². The van der Waals surface area contributed by atoms with Crippen LogP contribution in [0.3, 0.4) is 0 Å². The molecule has 3 heteroatoms. The van der Waals surface area contributed by atoms with Crippen LogP contribution in [-0.4, -0.2) is 24.7 Å². The molecule has 1 N–H and O–H groups in total. The zero-order valence-corrected chi connectivity index (χ0v) is 9.22. The molecule has 0 aromatic carbocycles. The topological polar surface area (TPSA) is 38.3 Å². The summed E-state index contributed by atoms with van der Waals surface area (Å²) < 4.78 is 5.44. The monoisotopic (exact) mass is 197 g/mol. The normalized spacial score (nSPS) is 36.1. The first-order chi connectivity index (χ1) is 6.44. The van der Waals surface area contributed by atoms with Crippen LogP contribution < -0.4 is 5.32 Å². The number of hydrogen-bond donors (Lipinski definition) is 1. The standard InChI is InChI=1S/C11H19NO2/c1-10(2,3)14-9(13)11-6-8(11)4-5-12-7-11/h8,12H,4-7H2,1-3H3/t8-,11-/m1/s1. The molecule has 1 aliphatic carbocycles. The fourth-order valence-electron chi connectivity index (χ4n) is 2.27. The highest BCUT2D eigenvalue weighted by Crippen LogP contribution is 2.56. The summed E-state index contributed by atoms with van der Waals surface area (Å²) in [6.07, 6.45) is 2.15. The molecule has 2 rings (SSSR count). The third-order valence-electron chi connectivity index (χ3n) is 3.15. The molecule has 0 aromatic heterocycles. The van der Waals surface area contributed by atoms with Gasteiger partial charge in [0, 0.05) is 6.54 Å². The minimum absolute atomic E-state index is 0.00204. The van der Waals surface area contributed by atoms with Gasteiger partial charge >= 0.3 is 5.97 Å². The maximum absolute atomic E-state index is 11.9. The lowest BCUT2D eigenvalue weighted by molar-refractivity contribution is -0.162. The first-order valence-corrected chi connectivity index (χ1v) is 5.38. The van der Waals surface area contributed by atoms with Crippen molar-refractivity contribution in [1.29, 1.82) is 0 Å². The lowest BCUT2D eigenvalue weighted by Crippen LogP contribution is -2.40.